The minimum Gasteiger partial charge on any atom is -0.398 e. The van der Waals surface area contributed by atoms with Crippen molar-refractivity contribution in [1.29, 1.82) is 5.26 Å². The van der Waals surface area contributed by atoms with Crippen LogP contribution in [0.1, 0.15) is 46.1 Å². The Bertz CT molecular complexity index is 550. The van der Waals surface area contributed by atoms with Crippen LogP contribution in [0.15, 0.2) is 12.1 Å². The number of nitriles is 1. The van der Waals surface area contributed by atoms with Gasteiger partial charge in [-0.1, -0.05) is 0 Å². The van der Waals surface area contributed by atoms with E-state index < -0.39 is 18.3 Å². The molecule has 0 aromatic carbocycles. The molecule has 1 fully saturated rings. The summed E-state index contributed by atoms with van der Waals surface area (Å²) in [6.45, 7) is 9.76. The van der Waals surface area contributed by atoms with Crippen LogP contribution in [0.2, 0.25) is 0 Å². The van der Waals surface area contributed by atoms with Gasteiger partial charge in [0.05, 0.1) is 28.8 Å². The van der Waals surface area contributed by atoms with E-state index in [-0.39, 0.29) is 5.92 Å². The Morgan fingerprint density at radius 2 is 1.80 bits per heavy atom. The van der Waals surface area contributed by atoms with Crippen molar-refractivity contribution < 1.29 is 9.31 Å². The number of hydrogen-bond donors (Lipinski definition) is 1. The van der Waals surface area contributed by atoms with Gasteiger partial charge in [-0.25, -0.2) is 4.98 Å². The van der Waals surface area contributed by atoms with Crippen LogP contribution >= 0.6 is 0 Å². The van der Waals surface area contributed by atoms with Crippen molar-refractivity contribution in [2.45, 2.75) is 51.7 Å². The van der Waals surface area contributed by atoms with E-state index in [1.54, 1.807) is 6.07 Å². The molecule has 0 amide bonds. The first-order valence-electron chi connectivity index (χ1n) is 6.69. The third kappa shape index (κ3) is 2.51. The first-order valence-corrected chi connectivity index (χ1v) is 6.69. The average molecular weight is 273 g/mol. The number of nitrogens with zero attached hydrogens (tertiary/aromatic N) is 2. The number of aromatic nitrogens is 1. The van der Waals surface area contributed by atoms with Gasteiger partial charge in [0.2, 0.25) is 0 Å². The molecule has 0 radical (unpaired) electrons. The predicted octanol–water partition coefficient (Wildman–Crippen LogP) is 1.59. The normalized spacial score (nSPS) is 21.5. The van der Waals surface area contributed by atoms with Gasteiger partial charge in [-0.3, -0.25) is 0 Å². The lowest BCUT2D eigenvalue weighted by Gasteiger charge is -2.32. The molecular formula is C14H20BN3O2. The van der Waals surface area contributed by atoms with Crippen LogP contribution in [0.5, 0.6) is 0 Å². The lowest BCUT2D eigenvalue weighted by atomic mass is 9.82. The molecule has 1 aromatic rings. The summed E-state index contributed by atoms with van der Waals surface area (Å²) in [5.41, 5.74) is 6.41. The van der Waals surface area contributed by atoms with Gasteiger partial charge in [0.25, 0.3) is 0 Å². The van der Waals surface area contributed by atoms with Crippen molar-refractivity contribution in [1.82, 2.24) is 4.98 Å². The fourth-order valence-corrected chi connectivity index (χ4v) is 2.01. The smallest absolute Gasteiger partial charge is 0.398 e. The van der Waals surface area contributed by atoms with E-state index in [4.69, 9.17) is 20.3 Å². The van der Waals surface area contributed by atoms with Gasteiger partial charge in [-0.2, -0.15) is 5.26 Å². The maximum absolute atomic E-state index is 9.03. The highest BCUT2D eigenvalue weighted by Gasteiger charge is 2.52. The second-order valence-electron chi connectivity index (χ2n) is 6.19. The standard InChI is InChI=1S/C14H20BN3O2/c1-9(8-16)10-6-11(18-12(17)7-10)15-19-13(2,3)14(4,5)20-15/h6-7,9H,1-5H3,(H2,17,18). The molecule has 2 N–H and O–H groups in total. The molecule has 1 atom stereocenters. The zero-order valence-corrected chi connectivity index (χ0v) is 12.6. The van der Waals surface area contributed by atoms with Crippen LogP contribution in [0.3, 0.4) is 0 Å². The molecule has 5 nitrogen and oxygen atoms in total. The van der Waals surface area contributed by atoms with Gasteiger partial charge in [-0.05, 0) is 52.3 Å². The SMILES string of the molecule is CC(C#N)c1cc(N)nc(B2OC(C)(C)C(C)(C)O2)c1. The molecule has 1 aliphatic rings. The maximum Gasteiger partial charge on any atom is 0.514 e. The fraction of sp³-hybridized carbons (Fsp3) is 0.571. The molecule has 2 heterocycles. The molecule has 0 spiro atoms. The quantitative estimate of drug-likeness (QED) is 0.827. The monoisotopic (exact) mass is 273 g/mol. The van der Waals surface area contributed by atoms with Crippen LogP contribution < -0.4 is 11.3 Å². The molecule has 1 unspecified atom stereocenters. The van der Waals surface area contributed by atoms with E-state index in [0.717, 1.165) is 5.56 Å². The molecule has 0 aliphatic carbocycles. The van der Waals surface area contributed by atoms with Crippen LogP contribution in [0.4, 0.5) is 5.82 Å². The van der Waals surface area contributed by atoms with Gasteiger partial charge in [0, 0.05) is 0 Å². The molecule has 1 saturated heterocycles. The molecule has 0 bridgehead atoms. The van der Waals surface area contributed by atoms with Crippen molar-refractivity contribution >= 4 is 18.5 Å². The summed E-state index contributed by atoms with van der Waals surface area (Å²) < 4.78 is 11.9. The third-order valence-corrected chi connectivity index (χ3v) is 4.08. The molecule has 0 saturated carbocycles. The minimum absolute atomic E-state index is 0.249. The van der Waals surface area contributed by atoms with Gasteiger partial charge in [0.15, 0.2) is 0 Å². The van der Waals surface area contributed by atoms with Crippen LogP contribution in [0.25, 0.3) is 0 Å². The van der Waals surface area contributed by atoms with E-state index in [0.29, 0.717) is 11.4 Å². The summed E-state index contributed by atoms with van der Waals surface area (Å²) in [6, 6.07) is 5.73. The lowest BCUT2D eigenvalue weighted by molar-refractivity contribution is 0.00578. The Morgan fingerprint density at radius 3 is 2.30 bits per heavy atom. The molecule has 2 rings (SSSR count). The van der Waals surface area contributed by atoms with Crippen molar-refractivity contribution in [3.05, 3.63) is 17.7 Å². The number of nitrogen functional groups attached to an aromatic ring is 1. The highest BCUT2D eigenvalue weighted by atomic mass is 16.7. The van der Waals surface area contributed by atoms with E-state index in [1.807, 2.05) is 40.7 Å². The highest BCUT2D eigenvalue weighted by molar-refractivity contribution is 6.61. The Labute approximate surface area is 120 Å². The van der Waals surface area contributed by atoms with Gasteiger partial charge in [0.1, 0.15) is 5.82 Å². The van der Waals surface area contributed by atoms with Gasteiger partial charge < -0.3 is 15.0 Å². The van der Waals surface area contributed by atoms with Crippen molar-refractivity contribution in [3.63, 3.8) is 0 Å². The van der Waals surface area contributed by atoms with E-state index >= 15 is 0 Å². The van der Waals surface area contributed by atoms with Crippen molar-refractivity contribution in [2.24, 2.45) is 0 Å². The van der Waals surface area contributed by atoms with Crippen molar-refractivity contribution in [3.8, 4) is 6.07 Å². The molecule has 106 valence electrons. The van der Waals surface area contributed by atoms with Crippen LogP contribution in [0, 0.1) is 11.3 Å². The second kappa shape index (κ2) is 4.76. The molecular weight excluding hydrogens is 253 g/mol. The van der Waals surface area contributed by atoms with Gasteiger partial charge in [-0.15, -0.1) is 0 Å². The topological polar surface area (TPSA) is 81.2 Å². The number of pyridine rings is 1. The second-order valence-corrected chi connectivity index (χ2v) is 6.19. The number of rotatable bonds is 2. The van der Waals surface area contributed by atoms with E-state index in [2.05, 4.69) is 11.1 Å². The van der Waals surface area contributed by atoms with Crippen LogP contribution in [-0.2, 0) is 9.31 Å². The summed E-state index contributed by atoms with van der Waals surface area (Å²) in [7, 11) is -0.562. The average Bonchev–Trinajstić information content (AvgIpc) is 2.57. The molecule has 1 aromatic heterocycles. The Morgan fingerprint density at radius 1 is 1.25 bits per heavy atom. The summed E-state index contributed by atoms with van der Waals surface area (Å²) in [4.78, 5) is 4.28. The number of anilines is 1. The first kappa shape index (κ1) is 14.8. The molecule has 6 heteroatoms. The van der Waals surface area contributed by atoms with E-state index in [9.17, 15) is 0 Å². The first-order chi connectivity index (χ1) is 9.16. The third-order valence-electron chi connectivity index (χ3n) is 4.08. The molecule has 1 aliphatic heterocycles. The maximum atomic E-state index is 9.03. The summed E-state index contributed by atoms with van der Waals surface area (Å²) in [5, 5.41) is 9.03. The Hall–Kier alpha value is -1.58. The Kier molecular flexibility index (Phi) is 3.53. The summed E-state index contributed by atoms with van der Waals surface area (Å²) in [5.74, 6) is 0.121. The van der Waals surface area contributed by atoms with E-state index in [1.165, 1.54) is 0 Å². The Balaban J connectivity index is 2.36. The predicted molar refractivity (Wildman–Crippen MR) is 78.4 cm³/mol. The van der Waals surface area contributed by atoms with Gasteiger partial charge >= 0.3 is 7.12 Å². The lowest BCUT2D eigenvalue weighted by Crippen LogP contribution is -2.41. The van der Waals surface area contributed by atoms with Crippen LogP contribution in [-0.4, -0.2) is 23.3 Å². The summed E-state index contributed by atoms with van der Waals surface area (Å²) in [6.07, 6.45) is 0. The summed E-state index contributed by atoms with van der Waals surface area (Å²) >= 11 is 0. The van der Waals surface area contributed by atoms with Crippen molar-refractivity contribution in [2.75, 3.05) is 5.73 Å². The number of hydrogen-bond acceptors (Lipinski definition) is 5. The molecule has 20 heavy (non-hydrogen) atoms. The zero-order valence-electron chi connectivity index (χ0n) is 12.6. The number of nitrogens with two attached hydrogens (primary N) is 1. The zero-order chi connectivity index (χ0) is 15.1. The minimum atomic E-state index is -0.562. The highest BCUT2D eigenvalue weighted by Crippen LogP contribution is 2.36. The largest absolute Gasteiger partial charge is 0.514 e. The fourth-order valence-electron chi connectivity index (χ4n) is 2.01.